The van der Waals surface area contributed by atoms with Gasteiger partial charge in [0.25, 0.3) is 0 Å². The van der Waals surface area contributed by atoms with E-state index in [1.807, 2.05) is 25.1 Å². The van der Waals surface area contributed by atoms with E-state index in [0.29, 0.717) is 28.5 Å². The summed E-state index contributed by atoms with van der Waals surface area (Å²) < 4.78 is 5.85. The van der Waals surface area contributed by atoms with Crippen LogP contribution in [0.5, 0.6) is 5.75 Å². The summed E-state index contributed by atoms with van der Waals surface area (Å²) in [6.45, 7) is 2.66. The van der Waals surface area contributed by atoms with Gasteiger partial charge in [-0.15, -0.1) is 0 Å². The highest BCUT2D eigenvalue weighted by Crippen LogP contribution is 2.52. The van der Waals surface area contributed by atoms with E-state index < -0.39 is 0 Å². The van der Waals surface area contributed by atoms with E-state index in [9.17, 15) is 0 Å². The summed E-state index contributed by atoms with van der Waals surface area (Å²) in [5.74, 6) is 1.80. The van der Waals surface area contributed by atoms with Crippen molar-refractivity contribution >= 4 is 28.9 Å². The minimum absolute atomic E-state index is 0.189. The molecule has 2 aliphatic rings. The number of para-hydroxylation sites is 1. The molecule has 2 aromatic rings. The van der Waals surface area contributed by atoms with Crippen LogP contribution in [0.15, 0.2) is 48.6 Å². The average molecular weight is 360 g/mol. The molecular formula is C20H19Cl2NO. The average Bonchev–Trinajstić information content (AvgIpc) is 3.07. The first-order valence-corrected chi connectivity index (χ1v) is 9.08. The first kappa shape index (κ1) is 15.9. The minimum atomic E-state index is 0.189. The van der Waals surface area contributed by atoms with Crippen molar-refractivity contribution in [3.05, 3.63) is 69.7 Å². The molecule has 24 heavy (non-hydrogen) atoms. The quantitative estimate of drug-likeness (QED) is 0.656. The van der Waals surface area contributed by atoms with Crippen LogP contribution in [0.4, 0.5) is 5.69 Å². The molecule has 1 aliphatic carbocycles. The van der Waals surface area contributed by atoms with E-state index in [0.717, 1.165) is 17.9 Å². The summed E-state index contributed by atoms with van der Waals surface area (Å²) in [6.07, 6.45) is 5.66. The van der Waals surface area contributed by atoms with Gasteiger partial charge in [-0.05, 0) is 48.6 Å². The number of allylic oxidation sites excluding steroid dienone is 2. The normalized spacial score (nSPS) is 24.2. The topological polar surface area (TPSA) is 21.3 Å². The fourth-order valence-electron chi connectivity index (χ4n) is 3.90. The zero-order valence-electron chi connectivity index (χ0n) is 13.4. The van der Waals surface area contributed by atoms with Crippen LogP contribution in [0.2, 0.25) is 10.0 Å². The predicted molar refractivity (Wildman–Crippen MR) is 100 cm³/mol. The van der Waals surface area contributed by atoms with Crippen molar-refractivity contribution in [2.24, 2.45) is 5.92 Å². The lowest BCUT2D eigenvalue weighted by molar-refractivity contribution is 0.337. The van der Waals surface area contributed by atoms with E-state index in [4.69, 9.17) is 27.9 Å². The van der Waals surface area contributed by atoms with Crippen molar-refractivity contribution in [2.45, 2.75) is 25.3 Å². The van der Waals surface area contributed by atoms with Gasteiger partial charge < -0.3 is 10.1 Å². The molecule has 1 heterocycles. The van der Waals surface area contributed by atoms with Crippen molar-refractivity contribution in [1.82, 2.24) is 0 Å². The van der Waals surface area contributed by atoms with Gasteiger partial charge in [0.2, 0.25) is 0 Å². The van der Waals surface area contributed by atoms with Crippen LogP contribution in [-0.4, -0.2) is 6.61 Å². The van der Waals surface area contributed by atoms with Gasteiger partial charge in [0, 0.05) is 5.92 Å². The van der Waals surface area contributed by atoms with Crippen LogP contribution >= 0.6 is 23.2 Å². The van der Waals surface area contributed by atoms with E-state index in [2.05, 4.69) is 35.7 Å². The van der Waals surface area contributed by atoms with Crippen LogP contribution in [0.25, 0.3) is 0 Å². The highest BCUT2D eigenvalue weighted by Gasteiger charge is 2.39. The number of fused-ring (bicyclic) bond motifs is 3. The smallest absolute Gasteiger partial charge is 0.142 e. The van der Waals surface area contributed by atoms with Gasteiger partial charge in [0.05, 0.1) is 28.4 Å². The second-order valence-corrected chi connectivity index (χ2v) is 7.12. The monoisotopic (exact) mass is 359 g/mol. The number of ether oxygens (including phenoxy) is 1. The highest BCUT2D eigenvalue weighted by atomic mass is 35.5. The van der Waals surface area contributed by atoms with Crippen molar-refractivity contribution in [2.75, 3.05) is 11.9 Å². The number of hydrogen-bond acceptors (Lipinski definition) is 2. The Morgan fingerprint density at radius 2 is 2.04 bits per heavy atom. The molecule has 1 N–H and O–H groups in total. The summed E-state index contributed by atoms with van der Waals surface area (Å²) in [5.41, 5.74) is 3.58. The van der Waals surface area contributed by atoms with Gasteiger partial charge in [0.1, 0.15) is 5.75 Å². The molecule has 0 fully saturated rings. The Morgan fingerprint density at radius 1 is 1.17 bits per heavy atom. The second-order valence-electron chi connectivity index (χ2n) is 6.30. The zero-order chi connectivity index (χ0) is 16.7. The molecule has 3 atom stereocenters. The minimum Gasteiger partial charge on any atom is -0.492 e. The maximum Gasteiger partial charge on any atom is 0.142 e. The molecule has 2 aromatic carbocycles. The Hall–Kier alpha value is -1.64. The van der Waals surface area contributed by atoms with Crippen LogP contribution in [0.1, 0.15) is 36.4 Å². The molecule has 0 radical (unpaired) electrons. The standard InChI is InChI=1S/C20H19Cl2NO/c1-2-24-18-8-4-7-15-13-5-3-6-14(13)19(23-20(15)18)12-9-10-16(21)17(22)11-12/h3-5,7-11,13-14,19,23H,2,6H2,1H3/t13-,14-,19-/m1/s1. The Kier molecular flexibility index (Phi) is 4.19. The molecular weight excluding hydrogens is 341 g/mol. The molecule has 0 saturated heterocycles. The Bertz CT molecular complexity index is 802. The van der Waals surface area contributed by atoms with Crippen molar-refractivity contribution in [3.63, 3.8) is 0 Å². The maximum atomic E-state index is 6.26. The predicted octanol–water partition coefficient (Wildman–Crippen LogP) is 6.22. The van der Waals surface area contributed by atoms with Gasteiger partial charge in [0.15, 0.2) is 0 Å². The van der Waals surface area contributed by atoms with Gasteiger partial charge in [-0.3, -0.25) is 0 Å². The molecule has 4 rings (SSSR count). The molecule has 4 heteroatoms. The van der Waals surface area contributed by atoms with Gasteiger partial charge in [-0.25, -0.2) is 0 Å². The van der Waals surface area contributed by atoms with Crippen LogP contribution in [-0.2, 0) is 0 Å². The largest absolute Gasteiger partial charge is 0.492 e. The first-order valence-electron chi connectivity index (χ1n) is 8.33. The zero-order valence-corrected chi connectivity index (χ0v) is 14.9. The van der Waals surface area contributed by atoms with Crippen LogP contribution < -0.4 is 10.1 Å². The van der Waals surface area contributed by atoms with Crippen molar-refractivity contribution in [3.8, 4) is 5.75 Å². The van der Waals surface area contributed by atoms with Gasteiger partial charge >= 0.3 is 0 Å². The lowest BCUT2D eigenvalue weighted by Crippen LogP contribution is -2.29. The Morgan fingerprint density at radius 3 is 2.83 bits per heavy atom. The third kappa shape index (κ3) is 2.58. The van der Waals surface area contributed by atoms with Gasteiger partial charge in [-0.1, -0.05) is 53.6 Å². The van der Waals surface area contributed by atoms with Crippen molar-refractivity contribution in [1.29, 1.82) is 0 Å². The lowest BCUT2D eigenvalue weighted by atomic mass is 9.77. The molecule has 0 unspecified atom stereocenters. The summed E-state index contributed by atoms with van der Waals surface area (Å²) >= 11 is 12.4. The molecule has 0 bridgehead atoms. The summed E-state index contributed by atoms with van der Waals surface area (Å²) in [4.78, 5) is 0. The molecule has 0 amide bonds. The van der Waals surface area contributed by atoms with E-state index >= 15 is 0 Å². The molecule has 1 aliphatic heterocycles. The highest BCUT2D eigenvalue weighted by molar-refractivity contribution is 6.42. The Labute approximate surface area is 152 Å². The SMILES string of the molecule is CCOc1cccc2c1N[C@H](c1ccc(Cl)c(Cl)c1)[C@@H]1CC=C[C@@H]21. The first-order chi connectivity index (χ1) is 11.7. The molecule has 0 saturated carbocycles. The van der Waals surface area contributed by atoms with E-state index in [1.54, 1.807) is 0 Å². The number of benzene rings is 2. The van der Waals surface area contributed by atoms with Crippen LogP contribution in [0, 0.1) is 5.92 Å². The summed E-state index contributed by atoms with van der Waals surface area (Å²) in [5, 5.41) is 4.91. The van der Waals surface area contributed by atoms with E-state index in [1.165, 1.54) is 11.1 Å². The third-order valence-corrected chi connectivity index (χ3v) is 5.70. The maximum absolute atomic E-state index is 6.26. The molecule has 2 nitrogen and oxygen atoms in total. The third-order valence-electron chi connectivity index (χ3n) is 4.96. The Balaban J connectivity index is 1.79. The summed E-state index contributed by atoms with van der Waals surface area (Å²) in [7, 11) is 0. The number of nitrogens with one attached hydrogen (secondary N) is 1. The molecule has 124 valence electrons. The number of hydrogen-bond donors (Lipinski definition) is 1. The van der Waals surface area contributed by atoms with Crippen LogP contribution in [0.3, 0.4) is 0 Å². The fourth-order valence-corrected chi connectivity index (χ4v) is 4.21. The second kappa shape index (κ2) is 6.34. The van der Waals surface area contributed by atoms with E-state index in [-0.39, 0.29) is 6.04 Å². The number of anilines is 1. The number of halogens is 2. The fraction of sp³-hybridized carbons (Fsp3) is 0.300. The summed E-state index contributed by atoms with van der Waals surface area (Å²) in [6, 6.07) is 12.4. The molecule has 0 spiro atoms. The van der Waals surface area contributed by atoms with Crippen molar-refractivity contribution < 1.29 is 4.74 Å². The number of rotatable bonds is 3. The molecule has 0 aromatic heterocycles. The van der Waals surface area contributed by atoms with Gasteiger partial charge in [-0.2, -0.15) is 0 Å². The lowest BCUT2D eigenvalue weighted by Gasteiger charge is -2.38.